The molecule has 0 spiro atoms. The van der Waals surface area contributed by atoms with Crippen molar-refractivity contribution in [3.8, 4) is 111 Å². The normalized spacial score (nSPS) is 11.7. The fraction of sp³-hybridized carbons (Fsp3) is 0. The van der Waals surface area contributed by atoms with E-state index in [1.807, 2.05) is 0 Å². The van der Waals surface area contributed by atoms with Gasteiger partial charge >= 0.3 is 0 Å². The molecule has 0 radical (unpaired) electrons. The van der Waals surface area contributed by atoms with E-state index in [-0.39, 0.29) is 0 Å². The third-order valence-electron chi connectivity index (χ3n) is 17.6. The predicted molar refractivity (Wildman–Crippen MR) is 365 cm³/mol. The quantitative estimate of drug-likeness (QED) is 0.148. The number of nitrogens with one attached hydrogen (secondary N) is 1. The van der Waals surface area contributed by atoms with Crippen molar-refractivity contribution in [2.24, 2.45) is 0 Å². The summed E-state index contributed by atoms with van der Waals surface area (Å²) in [6.45, 7) is 0. The molecular weight excluding hydrogens is 1050 g/mol. The average Bonchev–Trinajstić information content (AvgIpc) is 1.96. The van der Waals surface area contributed by atoms with Crippen LogP contribution in [-0.2, 0) is 0 Å². The van der Waals surface area contributed by atoms with E-state index in [1.54, 1.807) is 0 Å². The fourth-order valence-electron chi connectivity index (χ4n) is 13.1. The summed E-state index contributed by atoms with van der Waals surface area (Å²) in [7, 11) is 0. The second-order valence-corrected chi connectivity index (χ2v) is 22.9. The number of hydrogen-bond donors (Lipinski definition) is 1. The van der Waals surface area contributed by atoms with Gasteiger partial charge in [-0.1, -0.05) is 218 Å². The van der Waals surface area contributed by atoms with Gasteiger partial charge in [0.15, 0.2) is 0 Å². The first kappa shape index (κ1) is 50.0. The summed E-state index contributed by atoms with van der Waals surface area (Å²) >= 11 is 0. The first-order chi connectivity index (χ1) is 43.0. The zero-order chi connectivity index (χ0) is 57.4. The number of aromatic amines is 1. The van der Waals surface area contributed by atoms with E-state index in [0.29, 0.717) is 0 Å². The van der Waals surface area contributed by atoms with Crippen molar-refractivity contribution in [2.75, 3.05) is 0 Å². The van der Waals surface area contributed by atoms with Crippen molar-refractivity contribution in [2.45, 2.75) is 0 Å². The molecule has 406 valence electrons. The lowest BCUT2D eigenvalue weighted by Crippen LogP contribution is -1.86. The zero-order valence-electron chi connectivity index (χ0n) is 47.3. The van der Waals surface area contributed by atoms with E-state index in [2.05, 4.69) is 320 Å². The lowest BCUT2D eigenvalue weighted by Gasteiger charge is -2.11. The lowest BCUT2D eigenvalue weighted by atomic mass is 9.92. The minimum absolute atomic E-state index is 0.849. The Balaban J connectivity index is 0.831. The lowest BCUT2D eigenvalue weighted by molar-refractivity contribution is 0.669. The van der Waals surface area contributed by atoms with Gasteiger partial charge in [0.25, 0.3) is 0 Å². The van der Waals surface area contributed by atoms with Crippen LogP contribution >= 0.6 is 0 Å². The van der Waals surface area contributed by atoms with Gasteiger partial charge in [-0.05, 0) is 197 Å². The summed E-state index contributed by atoms with van der Waals surface area (Å²) in [5.74, 6) is 0. The summed E-state index contributed by atoms with van der Waals surface area (Å²) in [4.78, 5) is 3.80. The van der Waals surface area contributed by atoms with E-state index < -0.39 is 0 Å². The van der Waals surface area contributed by atoms with Crippen molar-refractivity contribution in [1.29, 1.82) is 0 Å². The largest absolute Gasteiger partial charge is 0.455 e. The van der Waals surface area contributed by atoms with Crippen LogP contribution in [0.4, 0.5) is 0 Å². The highest BCUT2D eigenvalue weighted by Gasteiger charge is 2.21. The Hall–Kier alpha value is -11.5. The first-order valence-electron chi connectivity index (χ1n) is 29.8. The second-order valence-electron chi connectivity index (χ2n) is 22.9. The number of H-pyrrole nitrogens is 1. The maximum atomic E-state index is 7.05. The van der Waals surface area contributed by atoms with Gasteiger partial charge in [-0.3, -0.25) is 0 Å². The van der Waals surface area contributed by atoms with Crippen molar-refractivity contribution < 1.29 is 8.83 Å². The van der Waals surface area contributed by atoms with Gasteiger partial charge < -0.3 is 13.8 Å². The number of benzene rings is 14. The molecule has 0 atom stereocenters. The minimum atomic E-state index is 0.849. The molecule has 0 saturated carbocycles. The molecule has 0 unspecified atom stereocenters. The minimum Gasteiger partial charge on any atom is -0.455 e. The topological polar surface area (TPSA) is 42.1 Å². The number of rotatable bonds is 10. The molecule has 0 aliphatic rings. The van der Waals surface area contributed by atoms with Crippen molar-refractivity contribution >= 4 is 65.7 Å². The van der Waals surface area contributed by atoms with Gasteiger partial charge in [-0.2, -0.15) is 0 Å². The van der Waals surface area contributed by atoms with Crippen molar-refractivity contribution in [3.05, 3.63) is 315 Å². The van der Waals surface area contributed by atoms with Crippen LogP contribution in [0.3, 0.4) is 0 Å². The van der Waals surface area contributed by atoms with Crippen LogP contribution in [0, 0.1) is 0 Å². The average molecular weight is 1110 g/mol. The standard InChI is InChI=1S/C84H53NO2/c1-5-17-53(18-6-1)57-25-13-29-61(41-57)65-35-39-81-75(45-65)77-51-69(63-31-15-27-59(43-63)55-21-9-3-10-22-55)49-71(83(77)86-81)67-33-37-79-73(47-67)74-48-68(34-38-80(74)85-79)72-50-70(64-32-16-28-60(44-64)56-23-11-4-12-24-56)52-78-76-46-66(36-40-82(76)87-84(72)78)62-30-14-26-58(42-62)54-19-7-2-8-20-54/h1-52,85H. The fourth-order valence-corrected chi connectivity index (χ4v) is 13.1. The highest BCUT2D eigenvalue weighted by atomic mass is 16.3. The maximum absolute atomic E-state index is 7.05. The summed E-state index contributed by atoms with van der Waals surface area (Å²) in [5, 5.41) is 6.55. The summed E-state index contributed by atoms with van der Waals surface area (Å²) in [6, 6.07) is 114. The van der Waals surface area contributed by atoms with Gasteiger partial charge in [0.1, 0.15) is 22.3 Å². The molecule has 14 aromatic carbocycles. The van der Waals surface area contributed by atoms with Gasteiger partial charge in [-0.15, -0.1) is 0 Å². The molecule has 0 saturated heterocycles. The smallest absolute Gasteiger partial charge is 0.143 e. The monoisotopic (exact) mass is 1110 g/mol. The Bertz CT molecular complexity index is 5150. The number of furan rings is 2. The Labute approximate surface area is 503 Å². The molecule has 0 aliphatic heterocycles. The van der Waals surface area contributed by atoms with Crippen LogP contribution in [0.2, 0.25) is 0 Å². The summed E-state index contributed by atoms with van der Waals surface area (Å²) < 4.78 is 14.1. The maximum Gasteiger partial charge on any atom is 0.143 e. The molecule has 87 heavy (non-hydrogen) atoms. The van der Waals surface area contributed by atoms with Gasteiger partial charge in [0.2, 0.25) is 0 Å². The van der Waals surface area contributed by atoms with Crippen LogP contribution in [-0.4, -0.2) is 4.98 Å². The Morgan fingerprint density at radius 3 is 0.782 bits per heavy atom. The summed E-state index contributed by atoms with van der Waals surface area (Å²) in [5.41, 5.74) is 28.3. The molecule has 0 fully saturated rings. The molecule has 1 N–H and O–H groups in total. The van der Waals surface area contributed by atoms with E-state index in [0.717, 1.165) is 132 Å². The van der Waals surface area contributed by atoms with Crippen LogP contribution in [0.15, 0.2) is 324 Å². The highest BCUT2D eigenvalue weighted by Crippen LogP contribution is 2.46. The van der Waals surface area contributed by atoms with Crippen LogP contribution in [0.5, 0.6) is 0 Å². The van der Waals surface area contributed by atoms with Gasteiger partial charge in [0, 0.05) is 54.5 Å². The van der Waals surface area contributed by atoms with Crippen molar-refractivity contribution in [1.82, 2.24) is 4.98 Å². The molecule has 0 bridgehead atoms. The van der Waals surface area contributed by atoms with Crippen LogP contribution < -0.4 is 0 Å². The molecule has 17 aromatic rings. The third kappa shape index (κ3) is 9.00. The molecule has 0 amide bonds. The molecule has 3 heterocycles. The van der Waals surface area contributed by atoms with E-state index in [9.17, 15) is 0 Å². The zero-order valence-corrected chi connectivity index (χ0v) is 47.3. The number of hydrogen-bond acceptors (Lipinski definition) is 2. The first-order valence-corrected chi connectivity index (χ1v) is 29.8. The Morgan fingerprint density at radius 2 is 0.437 bits per heavy atom. The molecule has 17 rings (SSSR count). The molecule has 0 aliphatic carbocycles. The summed E-state index contributed by atoms with van der Waals surface area (Å²) in [6.07, 6.45) is 0. The molecule has 3 nitrogen and oxygen atoms in total. The van der Waals surface area contributed by atoms with Gasteiger partial charge in [-0.25, -0.2) is 0 Å². The molecule has 3 aromatic heterocycles. The third-order valence-corrected chi connectivity index (χ3v) is 17.6. The number of fused-ring (bicyclic) bond motifs is 9. The van der Waals surface area contributed by atoms with Crippen LogP contribution in [0.25, 0.3) is 177 Å². The second kappa shape index (κ2) is 20.7. The highest BCUT2D eigenvalue weighted by molar-refractivity contribution is 6.17. The van der Waals surface area contributed by atoms with E-state index in [4.69, 9.17) is 8.83 Å². The Morgan fingerprint density at radius 1 is 0.172 bits per heavy atom. The van der Waals surface area contributed by atoms with E-state index >= 15 is 0 Å². The Kier molecular flexibility index (Phi) is 11.9. The number of aromatic nitrogens is 1. The molecule has 3 heteroatoms. The SMILES string of the molecule is c1ccc(-c2cccc(-c3ccc4oc5c(-c6ccc7[nH]c8ccc(-c9cc(-c%10cccc(-c%11ccccc%11)c%10)cc%10c9oc9ccc(-c%11cccc(-c%12ccccc%12)c%11)cc9%10)cc8c7c6)cc(-c6cccc(-c7ccccc7)c6)cc5c4c3)c2)cc1. The van der Waals surface area contributed by atoms with Crippen LogP contribution in [0.1, 0.15) is 0 Å². The predicted octanol–water partition coefficient (Wildman–Crippen LogP) is 23.8. The van der Waals surface area contributed by atoms with Gasteiger partial charge in [0.05, 0.1) is 0 Å². The van der Waals surface area contributed by atoms with E-state index in [1.165, 1.54) is 44.5 Å². The van der Waals surface area contributed by atoms with Crippen molar-refractivity contribution in [3.63, 3.8) is 0 Å². The molecular formula is C84H53NO2.